The molecule has 26 heavy (non-hydrogen) atoms. The third-order valence-corrected chi connectivity index (χ3v) is 5.55. The zero-order valence-corrected chi connectivity index (χ0v) is 14.7. The number of carboxylic acid groups (broad SMARTS) is 1. The Morgan fingerprint density at radius 3 is 3.08 bits per heavy atom. The van der Waals surface area contributed by atoms with E-state index in [4.69, 9.17) is 16.3 Å². The van der Waals surface area contributed by atoms with Crippen LogP contribution in [0.4, 0.5) is 4.39 Å². The monoisotopic (exact) mass is 380 g/mol. The second kappa shape index (κ2) is 6.61. The van der Waals surface area contributed by atoms with Crippen molar-refractivity contribution in [3.63, 3.8) is 0 Å². The van der Waals surface area contributed by atoms with Crippen LogP contribution >= 0.6 is 11.6 Å². The number of nitrogens with zero attached hydrogens (tertiary/aromatic N) is 4. The molecule has 3 heterocycles. The largest absolute Gasteiger partial charge is 0.481 e. The number of carbonyl (C=O) groups is 1. The SMILES string of the molecule is O=C(O)[C@@]12COCC[C@@H]1CN(Cc1cn(-c3ccc(F)cc3Cl)nn1)C2. The fraction of sp³-hybridized carbons (Fsp3) is 0.471. The molecular weight excluding hydrogens is 363 g/mol. The van der Waals surface area contributed by atoms with Crippen LogP contribution in [0, 0.1) is 17.2 Å². The fourth-order valence-electron chi connectivity index (χ4n) is 3.90. The number of aliphatic carboxylic acids is 1. The van der Waals surface area contributed by atoms with E-state index >= 15 is 0 Å². The van der Waals surface area contributed by atoms with Gasteiger partial charge in [-0.05, 0) is 30.5 Å². The Hall–Kier alpha value is -2.03. The zero-order valence-electron chi connectivity index (χ0n) is 13.9. The second-order valence-corrected chi connectivity index (χ2v) is 7.33. The number of aromatic nitrogens is 3. The van der Waals surface area contributed by atoms with Crippen molar-refractivity contribution in [1.29, 1.82) is 0 Å². The van der Waals surface area contributed by atoms with E-state index in [1.807, 2.05) is 0 Å². The lowest BCUT2D eigenvalue weighted by Crippen LogP contribution is -2.46. The van der Waals surface area contributed by atoms with Gasteiger partial charge in [0.15, 0.2) is 0 Å². The third kappa shape index (κ3) is 2.98. The van der Waals surface area contributed by atoms with Gasteiger partial charge in [0.2, 0.25) is 0 Å². The highest BCUT2D eigenvalue weighted by atomic mass is 35.5. The van der Waals surface area contributed by atoms with Crippen molar-refractivity contribution in [1.82, 2.24) is 19.9 Å². The van der Waals surface area contributed by atoms with Crippen LogP contribution in [0.15, 0.2) is 24.4 Å². The van der Waals surface area contributed by atoms with Gasteiger partial charge >= 0.3 is 5.97 Å². The van der Waals surface area contributed by atoms with Gasteiger partial charge < -0.3 is 9.84 Å². The Bertz CT molecular complexity index is 845. The predicted molar refractivity (Wildman–Crippen MR) is 90.6 cm³/mol. The minimum atomic E-state index is -0.839. The van der Waals surface area contributed by atoms with E-state index in [9.17, 15) is 14.3 Å². The van der Waals surface area contributed by atoms with Gasteiger partial charge in [0.25, 0.3) is 0 Å². The van der Waals surface area contributed by atoms with E-state index in [1.54, 1.807) is 6.20 Å². The van der Waals surface area contributed by atoms with Crippen LogP contribution in [0.25, 0.3) is 5.69 Å². The van der Waals surface area contributed by atoms with Gasteiger partial charge in [-0.25, -0.2) is 9.07 Å². The zero-order chi connectivity index (χ0) is 18.3. The molecule has 2 atom stereocenters. The van der Waals surface area contributed by atoms with Crippen LogP contribution in [-0.4, -0.2) is 57.3 Å². The van der Waals surface area contributed by atoms with Crippen molar-refractivity contribution in [3.8, 4) is 5.69 Å². The third-order valence-electron chi connectivity index (χ3n) is 5.25. The summed E-state index contributed by atoms with van der Waals surface area (Å²) < 4.78 is 20.1. The van der Waals surface area contributed by atoms with E-state index < -0.39 is 17.2 Å². The predicted octanol–water partition coefficient (Wildman–Crippen LogP) is 1.98. The van der Waals surface area contributed by atoms with E-state index in [1.165, 1.54) is 22.9 Å². The smallest absolute Gasteiger partial charge is 0.313 e. The average molecular weight is 381 g/mol. The van der Waals surface area contributed by atoms with Crippen LogP contribution < -0.4 is 0 Å². The molecule has 0 aliphatic carbocycles. The van der Waals surface area contributed by atoms with Crippen molar-refractivity contribution in [2.75, 3.05) is 26.3 Å². The van der Waals surface area contributed by atoms with Crippen LogP contribution in [0.2, 0.25) is 5.02 Å². The number of ether oxygens (including phenoxy) is 1. The minimum Gasteiger partial charge on any atom is -0.481 e. The molecule has 0 spiro atoms. The maximum Gasteiger partial charge on any atom is 0.313 e. The molecule has 1 N–H and O–H groups in total. The molecule has 1 aromatic heterocycles. The van der Waals surface area contributed by atoms with Gasteiger partial charge in [0.05, 0.1) is 29.2 Å². The summed E-state index contributed by atoms with van der Waals surface area (Å²) in [4.78, 5) is 13.9. The van der Waals surface area contributed by atoms with Crippen molar-refractivity contribution in [3.05, 3.63) is 40.9 Å². The highest BCUT2D eigenvalue weighted by molar-refractivity contribution is 6.32. The maximum atomic E-state index is 13.2. The number of hydrogen-bond donors (Lipinski definition) is 1. The second-order valence-electron chi connectivity index (χ2n) is 6.92. The van der Waals surface area contributed by atoms with Crippen LogP contribution in [0.1, 0.15) is 12.1 Å². The minimum absolute atomic E-state index is 0.0790. The summed E-state index contributed by atoms with van der Waals surface area (Å²) in [5, 5.41) is 18.1. The van der Waals surface area contributed by atoms with E-state index in [2.05, 4.69) is 15.2 Å². The number of halogens is 2. The first kappa shape index (κ1) is 17.4. The number of benzene rings is 1. The topological polar surface area (TPSA) is 80.5 Å². The molecule has 2 fully saturated rings. The molecule has 2 aromatic rings. The Kier molecular flexibility index (Phi) is 4.42. The quantitative estimate of drug-likeness (QED) is 0.873. The van der Waals surface area contributed by atoms with Crippen molar-refractivity contribution in [2.45, 2.75) is 13.0 Å². The Balaban J connectivity index is 1.50. The van der Waals surface area contributed by atoms with E-state index in [-0.39, 0.29) is 17.5 Å². The van der Waals surface area contributed by atoms with Gasteiger partial charge in [-0.2, -0.15) is 0 Å². The molecule has 4 rings (SSSR count). The Labute approximate surface area is 154 Å². The van der Waals surface area contributed by atoms with Crippen molar-refractivity contribution in [2.24, 2.45) is 11.3 Å². The molecule has 9 heteroatoms. The fourth-order valence-corrected chi connectivity index (χ4v) is 4.15. The van der Waals surface area contributed by atoms with Crippen molar-refractivity contribution < 1.29 is 19.0 Å². The number of likely N-dealkylation sites (tertiary alicyclic amines) is 1. The summed E-state index contributed by atoms with van der Waals surface area (Å²) in [6.07, 6.45) is 2.48. The molecule has 7 nitrogen and oxygen atoms in total. The lowest BCUT2D eigenvalue weighted by atomic mass is 9.76. The number of carboxylic acids is 1. The summed E-state index contributed by atoms with van der Waals surface area (Å²) >= 11 is 6.06. The molecule has 2 aliphatic heterocycles. The molecular formula is C17H18ClFN4O3. The Morgan fingerprint density at radius 2 is 2.35 bits per heavy atom. The average Bonchev–Trinajstić information content (AvgIpc) is 3.19. The first-order chi connectivity index (χ1) is 12.5. The van der Waals surface area contributed by atoms with Gasteiger partial charge in [-0.15, -0.1) is 5.10 Å². The molecule has 0 unspecified atom stereocenters. The number of hydrogen-bond acceptors (Lipinski definition) is 5. The summed E-state index contributed by atoms with van der Waals surface area (Å²) in [7, 11) is 0. The first-order valence-corrected chi connectivity index (χ1v) is 8.76. The normalized spacial score (nSPS) is 26.0. The Morgan fingerprint density at radius 1 is 1.50 bits per heavy atom. The molecule has 0 radical (unpaired) electrons. The highest BCUT2D eigenvalue weighted by Gasteiger charge is 2.54. The van der Waals surface area contributed by atoms with Gasteiger partial charge in [0.1, 0.15) is 11.2 Å². The van der Waals surface area contributed by atoms with Crippen molar-refractivity contribution >= 4 is 17.6 Å². The number of fused-ring (bicyclic) bond motifs is 1. The van der Waals surface area contributed by atoms with Crippen LogP contribution in [0.5, 0.6) is 0 Å². The lowest BCUT2D eigenvalue weighted by Gasteiger charge is -2.34. The molecule has 138 valence electrons. The molecule has 2 saturated heterocycles. The number of rotatable bonds is 4. The molecule has 0 amide bonds. The van der Waals surface area contributed by atoms with E-state index in [0.717, 1.165) is 6.42 Å². The van der Waals surface area contributed by atoms with E-state index in [0.29, 0.717) is 37.6 Å². The molecule has 1 aromatic carbocycles. The first-order valence-electron chi connectivity index (χ1n) is 8.38. The summed E-state index contributed by atoms with van der Waals surface area (Å²) in [6, 6.07) is 4.07. The lowest BCUT2D eigenvalue weighted by molar-refractivity contribution is -0.159. The summed E-state index contributed by atoms with van der Waals surface area (Å²) in [6.45, 7) is 2.47. The summed E-state index contributed by atoms with van der Waals surface area (Å²) in [5.74, 6) is -1.14. The highest BCUT2D eigenvalue weighted by Crippen LogP contribution is 2.42. The standard InChI is InChI=1S/C17H18ClFN4O3/c18-14-5-12(19)1-2-15(14)23-8-13(20-21-23)7-22-6-11-3-4-26-10-17(11,9-22)16(24)25/h1-2,5,8,11H,3-4,6-7,9-10H2,(H,24,25)/t11-,17+/m1/s1. The molecule has 0 saturated carbocycles. The van der Waals surface area contributed by atoms with Gasteiger partial charge in [0, 0.05) is 26.2 Å². The molecule has 2 aliphatic rings. The molecule has 0 bridgehead atoms. The maximum absolute atomic E-state index is 13.2. The van der Waals surface area contributed by atoms with Gasteiger partial charge in [-0.3, -0.25) is 9.69 Å². The van der Waals surface area contributed by atoms with Crippen LogP contribution in [-0.2, 0) is 16.1 Å². The van der Waals surface area contributed by atoms with Gasteiger partial charge in [-0.1, -0.05) is 16.8 Å². The summed E-state index contributed by atoms with van der Waals surface area (Å²) in [5.41, 5.74) is 0.400. The van der Waals surface area contributed by atoms with Crippen LogP contribution in [0.3, 0.4) is 0 Å².